The molecule has 1 aliphatic carbocycles. The summed E-state index contributed by atoms with van der Waals surface area (Å²) in [6.07, 6.45) is 8.83. The van der Waals surface area contributed by atoms with Crippen molar-refractivity contribution in [3.8, 4) is 0 Å². The van der Waals surface area contributed by atoms with Crippen LogP contribution in [0.2, 0.25) is 0 Å². The Morgan fingerprint density at radius 2 is 1.75 bits per heavy atom. The Bertz CT molecular complexity index is 112. The van der Waals surface area contributed by atoms with Crippen LogP contribution in [0.4, 0.5) is 0 Å². The highest BCUT2D eigenvalue weighted by Gasteiger charge is 2.18. The van der Waals surface area contributed by atoms with E-state index in [1.54, 1.807) is 0 Å². The van der Waals surface area contributed by atoms with Gasteiger partial charge in [-0.25, -0.2) is 0 Å². The monoisotopic (exact) mass is 170 g/mol. The van der Waals surface area contributed by atoms with Gasteiger partial charge < -0.3 is 4.74 Å². The maximum atomic E-state index is 5.73. The van der Waals surface area contributed by atoms with Gasteiger partial charge in [-0.05, 0) is 25.7 Å². The molecular weight excluding hydrogens is 148 g/mol. The van der Waals surface area contributed by atoms with Crippen LogP contribution in [0, 0.1) is 5.92 Å². The third-order valence-corrected chi connectivity index (χ3v) is 2.91. The molecule has 2 unspecified atom stereocenters. The van der Waals surface area contributed by atoms with Crippen LogP contribution in [-0.2, 0) is 4.74 Å². The first-order valence-electron chi connectivity index (χ1n) is 5.46. The van der Waals surface area contributed by atoms with E-state index in [1.165, 1.54) is 38.5 Å². The van der Waals surface area contributed by atoms with E-state index in [-0.39, 0.29) is 0 Å². The second-order valence-electron chi connectivity index (χ2n) is 3.96. The molecule has 12 heavy (non-hydrogen) atoms. The summed E-state index contributed by atoms with van der Waals surface area (Å²) in [7, 11) is 0. The van der Waals surface area contributed by atoms with E-state index in [2.05, 4.69) is 13.8 Å². The fraction of sp³-hybridized carbons (Fsp3) is 1.00. The van der Waals surface area contributed by atoms with Gasteiger partial charge in [-0.3, -0.25) is 0 Å². The fourth-order valence-corrected chi connectivity index (χ4v) is 2.10. The van der Waals surface area contributed by atoms with Gasteiger partial charge in [0.2, 0.25) is 0 Å². The zero-order chi connectivity index (χ0) is 8.81. The van der Waals surface area contributed by atoms with Crippen LogP contribution in [0.3, 0.4) is 0 Å². The molecule has 0 heterocycles. The summed E-state index contributed by atoms with van der Waals surface area (Å²) in [5.74, 6) is 0.783. The first-order chi connectivity index (χ1) is 5.84. The van der Waals surface area contributed by atoms with Crippen LogP contribution in [-0.4, -0.2) is 12.7 Å². The standard InChI is InChI=1S/C11H22O/c1-3-12-11-9-7-5-4-6-8-10(11)2/h10-11H,3-9H2,1-2H3. The van der Waals surface area contributed by atoms with Crippen molar-refractivity contribution in [1.82, 2.24) is 0 Å². The fourth-order valence-electron chi connectivity index (χ4n) is 2.10. The number of rotatable bonds is 2. The molecule has 0 aliphatic heterocycles. The lowest BCUT2D eigenvalue weighted by atomic mass is 9.90. The highest BCUT2D eigenvalue weighted by atomic mass is 16.5. The average Bonchev–Trinajstić information content (AvgIpc) is 2.05. The van der Waals surface area contributed by atoms with Gasteiger partial charge in [0.15, 0.2) is 0 Å². The van der Waals surface area contributed by atoms with E-state index in [4.69, 9.17) is 4.74 Å². The summed E-state index contributed by atoms with van der Waals surface area (Å²) in [4.78, 5) is 0. The van der Waals surface area contributed by atoms with Crippen LogP contribution >= 0.6 is 0 Å². The minimum atomic E-state index is 0.551. The second-order valence-corrected chi connectivity index (χ2v) is 3.96. The Morgan fingerprint density at radius 1 is 1.08 bits per heavy atom. The Hall–Kier alpha value is -0.0400. The molecule has 0 aromatic rings. The molecule has 0 amide bonds. The van der Waals surface area contributed by atoms with Crippen molar-refractivity contribution in [2.75, 3.05) is 6.61 Å². The second kappa shape index (κ2) is 5.58. The Labute approximate surface area is 76.5 Å². The molecule has 1 fully saturated rings. The SMILES string of the molecule is CCOC1CCCCCCC1C. The first kappa shape index (κ1) is 10.0. The normalized spacial score (nSPS) is 32.5. The van der Waals surface area contributed by atoms with Gasteiger partial charge in [-0.15, -0.1) is 0 Å². The van der Waals surface area contributed by atoms with Gasteiger partial charge in [0.1, 0.15) is 0 Å². The smallest absolute Gasteiger partial charge is 0.0600 e. The summed E-state index contributed by atoms with van der Waals surface area (Å²) in [6, 6.07) is 0. The topological polar surface area (TPSA) is 9.23 Å². The predicted octanol–water partition coefficient (Wildman–Crippen LogP) is 3.38. The van der Waals surface area contributed by atoms with E-state index in [0.29, 0.717) is 6.10 Å². The van der Waals surface area contributed by atoms with Crippen molar-refractivity contribution in [3.05, 3.63) is 0 Å². The molecule has 1 rings (SSSR count). The molecule has 0 spiro atoms. The van der Waals surface area contributed by atoms with Crippen LogP contribution < -0.4 is 0 Å². The molecule has 1 heteroatoms. The van der Waals surface area contributed by atoms with E-state index in [0.717, 1.165) is 12.5 Å². The van der Waals surface area contributed by atoms with Crippen LogP contribution in [0.15, 0.2) is 0 Å². The molecule has 0 saturated heterocycles. The minimum absolute atomic E-state index is 0.551. The number of hydrogen-bond donors (Lipinski definition) is 0. The Kier molecular flexibility index (Phi) is 4.67. The molecule has 1 nitrogen and oxygen atoms in total. The zero-order valence-corrected chi connectivity index (χ0v) is 8.51. The number of ether oxygens (including phenoxy) is 1. The van der Waals surface area contributed by atoms with Crippen molar-refractivity contribution in [2.24, 2.45) is 5.92 Å². The van der Waals surface area contributed by atoms with E-state index in [9.17, 15) is 0 Å². The molecule has 0 aromatic carbocycles. The third-order valence-electron chi connectivity index (χ3n) is 2.91. The zero-order valence-electron chi connectivity index (χ0n) is 8.51. The summed E-state index contributed by atoms with van der Waals surface area (Å²) in [5, 5.41) is 0. The molecule has 1 aliphatic rings. The lowest BCUT2D eigenvalue weighted by Gasteiger charge is -2.26. The molecule has 1 saturated carbocycles. The van der Waals surface area contributed by atoms with Crippen LogP contribution in [0.1, 0.15) is 52.4 Å². The van der Waals surface area contributed by atoms with Crippen molar-refractivity contribution < 1.29 is 4.74 Å². The molecular formula is C11H22O. The lowest BCUT2D eigenvalue weighted by Crippen LogP contribution is -2.23. The lowest BCUT2D eigenvalue weighted by molar-refractivity contribution is 0.0113. The molecule has 72 valence electrons. The summed E-state index contributed by atoms with van der Waals surface area (Å²) >= 11 is 0. The van der Waals surface area contributed by atoms with Gasteiger partial charge in [0.25, 0.3) is 0 Å². The van der Waals surface area contributed by atoms with Gasteiger partial charge >= 0.3 is 0 Å². The van der Waals surface area contributed by atoms with Crippen molar-refractivity contribution in [1.29, 1.82) is 0 Å². The molecule has 0 radical (unpaired) electrons. The predicted molar refractivity (Wildman–Crippen MR) is 52.3 cm³/mol. The molecule has 0 N–H and O–H groups in total. The van der Waals surface area contributed by atoms with Crippen LogP contribution in [0.5, 0.6) is 0 Å². The van der Waals surface area contributed by atoms with Gasteiger partial charge in [-0.1, -0.05) is 32.6 Å². The van der Waals surface area contributed by atoms with Crippen molar-refractivity contribution >= 4 is 0 Å². The third kappa shape index (κ3) is 3.14. The molecule has 2 atom stereocenters. The van der Waals surface area contributed by atoms with E-state index < -0.39 is 0 Å². The van der Waals surface area contributed by atoms with E-state index >= 15 is 0 Å². The van der Waals surface area contributed by atoms with Gasteiger partial charge in [0.05, 0.1) is 6.10 Å². The number of hydrogen-bond acceptors (Lipinski definition) is 1. The summed E-state index contributed by atoms with van der Waals surface area (Å²) < 4.78 is 5.73. The quantitative estimate of drug-likeness (QED) is 0.617. The van der Waals surface area contributed by atoms with Gasteiger partial charge in [-0.2, -0.15) is 0 Å². The maximum absolute atomic E-state index is 5.73. The highest BCUT2D eigenvalue weighted by Crippen LogP contribution is 2.24. The van der Waals surface area contributed by atoms with E-state index in [1.807, 2.05) is 0 Å². The average molecular weight is 170 g/mol. The summed E-state index contributed by atoms with van der Waals surface area (Å²) in [5.41, 5.74) is 0. The molecule has 0 bridgehead atoms. The maximum Gasteiger partial charge on any atom is 0.0600 e. The molecule has 0 aromatic heterocycles. The summed E-state index contributed by atoms with van der Waals surface area (Å²) in [6.45, 7) is 5.33. The highest BCUT2D eigenvalue weighted by molar-refractivity contribution is 4.69. The largest absolute Gasteiger partial charge is 0.378 e. The Morgan fingerprint density at radius 3 is 2.42 bits per heavy atom. The van der Waals surface area contributed by atoms with Crippen molar-refractivity contribution in [3.63, 3.8) is 0 Å². The van der Waals surface area contributed by atoms with Gasteiger partial charge in [0, 0.05) is 6.61 Å². The first-order valence-corrected chi connectivity index (χ1v) is 5.46. The Balaban J connectivity index is 2.32. The van der Waals surface area contributed by atoms with Crippen LogP contribution in [0.25, 0.3) is 0 Å². The van der Waals surface area contributed by atoms with Crippen molar-refractivity contribution in [2.45, 2.75) is 58.5 Å². The minimum Gasteiger partial charge on any atom is -0.378 e.